The Kier molecular flexibility index (Phi) is 6.10. The first kappa shape index (κ1) is 25.9. The number of benzene rings is 3. The van der Waals surface area contributed by atoms with Gasteiger partial charge in [-0.3, -0.25) is 5.01 Å². The number of sulfonamides is 1. The number of ether oxygens (including phenoxy) is 1. The summed E-state index contributed by atoms with van der Waals surface area (Å²) in [6.07, 6.45) is -1.28. The second-order valence-electron chi connectivity index (χ2n) is 9.65. The van der Waals surface area contributed by atoms with Gasteiger partial charge in [-0.25, -0.2) is 9.78 Å². The Morgan fingerprint density at radius 3 is 2.45 bits per heavy atom. The summed E-state index contributed by atoms with van der Waals surface area (Å²) < 4.78 is 72.3. The van der Waals surface area contributed by atoms with Gasteiger partial charge in [-0.1, -0.05) is 24.3 Å². The van der Waals surface area contributed by atoms with E-state index in [2.05, 4.69) is 9.72 Å². The maximum atomic E-state index is 14.3. The molecule has 2 aliphatic rings. The number of nitrogens with zero attached hydrogens (tertiary/aromatic N) is 3. The summed E-state index contributed by atoms with van der Waals surface area (Å²) in [6.45, 7) is 0.149. The molecule has 1 fully saturated rings. The third-order valence-corrected chi connectivity index (χ3v) is 8.68. The van der Waals surface area contributed by atoms with Gasteiger partial charge in [0.25, 0.3) is 10.0 Å². The molecule has 40 heavy (non-hydrogen) atoms. The lowest BCUT2D eigenvalue weighted by atomic mass is 10.0. The summed E-state index contributed by atoms with van der Waals surface area (Å²) in [6, 6.07) is 16.2. The van der Waals surface area contributed by atoms with Gasteiger partial charge in [0, 0.05) is 23.7 Å². The summed E-state index contributed by atoms with van der Waals surface area (Å²) in [5, 5.41) is 12.5. The van der Waals surface area contributed by atoms with Crippen molar-refractivity contribution >= 4 is 38.3 Å². The van der Waals surface area contributed by atoms with Gasteiger partial charge < -0.3 is 9.84 Å². The zero-order valence-electron chi connectivity index (χ0n) is 20.8. The van der Waals surface area contributed by atoms with Crippen molar-refractivity contribution in [2.75, 3.05) is 16.0 Å². The minimum absolute atomic E-state index is 0.0725. The first-order chi connectivity index (χ1) is 19.0. The average molecular weight is 570 g/mol. The SMILES string of the molecule is O=C(O)c1ccc(S(=O)(=O)N(c2ncc3ccccc3c2C2CC2)N2CCc3cc(OC(F)(F)F)ccc32)cc1. The molecule has 1 aromatic heterocycles. The molecule has 0 spiro atoms. The van der Waals surface area contributed by atoms with E-state index in [1.165, 1.54) is 41.4 Å². The minimum Gasteiger partial charge on any atom is -0.478 e. The largest absolute Gasteiger partial charge is 0.573 e. The van der Waals surface area contributed by atoms with Crippen molar-refractivity contribution in [3.63, 3.8) is 0 Å². The van der Waals surface area contributed by atoms with Crippen molar-refractivity contribution < 1.29 is 36.2 Å². The molecule has 1 N–H and O–H groups in total. The highest BCUT2D eigenvalue weighted by atomic mass is 32.2. The Hall–Kier alpha value is -4.32. The van der Waals surface area contributed by atoms with Crippen molar-refractivity contribution in [3.8, 4) is 5.75 Å². The summed E-state index contributed by atoms with van der Waals surface area (Å²) >= 11 is 0. The first-order valence-electron chi connectivity index (χ1n) is 12.5. The highest BCUT2D eigenvalue weighted by molar-refractivity contribution is 7.93. The van der Waals surface area contributed by atoms with Crippen LogP contribution in [0.3, 0.4) is 0 Å². The van der Waals surface area contributed by atoms with E-state index in [0.717, 1.165) is 39.7 Å². The molecule has 0 bridgehead atoms. The monoisotopic (exact) mass is 569 g/mol. The summed E-state index contributed by atoms with van der Waals surface area (Å²) in [4.78, 5) is 15.8. The lowest BCUT2D eigenvalue weighted by Gasteiger charge is -2.35. The highest BCUT2D eigenvalue weighted by Crippen LogP contribution is 2.49. The van der Waals surface area contributed by atoms with Gasteiger partial charge in [0.05, 0.1) is 16.1 Å². The number of fused-ring (bicyclic) bond motifs is 2. The predicted octanol–water partition coefficient (Wildman–Crippen LogP) is 5.88. The first-order valence-corrected chi connectivity index (χ1v) is 13.9. The molecule has 0 atom stereocenters. The molecule has 1 aliphatic carbocycles. The number of hydrazine groups is 1. The number of halogens is 3. The van der Waals surface area contributed by atoms with Crippen LogP contribution in [0.5, 0.6) is 5.75 Å². The maximum Gasteiger partial charge on any atom is 0.573 e. The Morgan fingerprint density at radius 1 is 1.05 bits per heavy atom. The number of carbonyl (C=O) groups is 1. The zero-order chi connectivity index (χ0) is 28.2. The number of rotatable bonds is 7. The molecule has 4 aromatic rings. The summed E-state index contributed by atoms with van der Waals surface area (Å²) in [7, 11) is -4.37. The fraction of sp³-hybridized carbons (Fsp3) is 0.214. The lowest BCUT2D eigenvalue weighted by molar-refractivity contribution is -0.274. The molecule has 0 amide bonds. The Morgan fingerprint density at radius 2 is 1.77 bits per heavy atom. The molecule has 6 rings (SSSR count). The molecule has 8 nitrogen and oxygen atoms in total. The van der Waals surface area contributed by atoms with Crippen LogP contribution in [-0.2, 0) is 16.4 Å². The fourth-order valence-corrected chi connectivity index (χ4v) is 6.56. The van der Waals surface area contributed by atoms with Crippen molar-refractivity contribution in [3.05, 3.63) is 89.6 Å². The maximum absolute atomic E-state index is 14.3. The van der Waals surface area contributed by atoms with E-state index in [9.17, 15) is 31.5 Å². The van der Waals surface area contributed by atoms with Gasteiger partial charge >= 0.3 is 12.3 Å². The van der Waals surface area contributed by atoms with Gasteiger partial charge in [0.15, 0.2) is 5.82 Å². The normalized spacial score (nSPS) is 15.2. The predicted molar refractivity (Wildman–Crippen MR) is 141 cm³/mol. The molecule has 0 radical (unpaired) electrons. The van der Waals surface area contributed by atoms with Crippen LogP contribution < -0.4 is 14.2 Å². The molecule has 1 saturated carbocycles. The van der Waals surface area contributed by atoms with Crippen molar-refractivity contribution in [2.24, 2.45) is 0 Å². The van der Waals surface area contributed by atoms with Crippen LogP contribution in [-0.4, -0.2) is 37.4 Å². The number of carboxylic acids is 1. The van der Waals surface area contributed by atoms with E-state index >= 15 is 0 Å². The molecular weight excluding hydrogens is 547 g/mol. The van der Waals surface area contributed by atoms with E-state index in [4.69, 9.17) is 0 Å². The smallest absolute Gasteiger partial charge is 0.478 e. The summed E-state index contributed by atoms with van der Waals surface area (Å²) in [5.41, 5.74) is 1.58. The zero-order valence-corrected chi connectivity index (χ0v) is 21.6. The molecule has 1 aliphatic heterocycles. The van der Waals surface area contributed by atoms with E-state index in [1.54, 1.807) is 6.20 Å². The third-order valence-electron chi connectivity index (χ3n) is 6.99. The molecule has 206 valence electrons. The molecule has 2 heterocycles. The van der Waals surface area contributed by atoms with Crippen LogP contribution in [0, 0.1) is 0 Å². The number of carboxylic acid groups (broad SMARTS) is 1. The molecular formula is C28H22F3N3O5S. The van der Waals surface area contributed by atoms with E-state index < -0.39 is 28.1 Å². The Balaban J connectivity index is 1.53. The number of hydrogen-bond donors (Lipinski definition) is 1. The van der Waals surface area contributed by atoms with Crippen LogP contribution in [0.1, 0.15) is 40.2 Å². The molecule has 0 unspecified atom stereocenters. The van der Waals surface area contributed by atoms with Crippen LogP contribution >= 0.6 is 0 Å². The lowest BCUT2D eigenvalue weighted by Crippen LogP contribution is -2.47. The molecule has 3 aromatic carbocycles. The fourth-order valence-electron chi connectivity index (χ4n) is 5.08. The van der Waals surface area contributed by atoms with Gasteiger partial charge in [-0.15, -0.1) is 13.2 Å². The number of anilines is 2. The van der Waals surface area contributed by atoms with Crippen LogP contribution in [0.4, 0.5) is 24.7 Å². The van der Waals surface area contributed by atoms with Crippen LogP contribution in [0.25, 0.3) is 10.8 Å². The average Bonchev–Trinajstić information content (AvgIpc) is 3.67. The second kappa shape index (κ2) is 9.40. The number of aromatic nitrogens is 1. The number of alkyl halides is 3. The highest BCUT2D eigenvalue weighted by Gasteiger charge is 2.40. The number of hydrogen-bond acceptors (Lipinski definition) is 6. The van der Waals surface area contributed by atoms with E-state index in [0.29, 0.717) is 11.3 Å². The Bertz CT molecular complexity index is 1740. The van der Waals surface area contributed by atoms with Gasteiger partial charge in [0.2, 0.25) is 0 Å². The van der Waals surface area contributed by atoms with Gasteiger partial charge in [-0.05, 0) is 78.6 Å². The number of aromatic carboxylic acids is 1. The quantitative estimate of drug-likeness (QED) is 0.297. The van der Waals surface area contributed by atoms with Crippen molar-refractivity contribution in [2.45, 2.75) is 36.4 Å². The van der Waals surface area contributed by atoms with E-state index in [-0.39, 0.29) is 35.2 Å². The van der Waals surface area contributed by atoms with E-state index in [1.807, 2.05) is 24.3 Å². The van der Waals surface area contributed by atoms with Crippen molar-refractivity contribution in [1.82, 2.24) is 4.98 Å². The van der Waals surface area contributed by atoms with Crippen molar-refractivity contribution in [1.29, 1.82) is 0 Å². The second-order valence-corrected chi connectivity index (χ2v) is 11.4. The van der Waals surface area contributed by atoms with Gasteiger partial charge in [0.1, 0.15) is 5.75 Å². The molecule has 12 heteroatoms. The molecule has 0 saturated heterocycles. The van der Waals surface area contributed by atoms with Crippen LogP contribution in [0.15, 0.2) is 77.8 Å². The number of pyridine rings is 1. The standard InChI is InChI=1S/C28H22F3N3O5S/c29-28(30,31)39-21-9-12-24-19(15-21)13-14-33(24)34(40(37,38)22-10-7-18(8-11-22)27(35)36)26-25(17-5-6-17)23-4-2-1-3-20(23)16-32-26/h1-4,7-12,15-17H,5-6,13-14H2,(H,35,36). The minimum atomic E-state index is -4.86. The summed E-state index contributed by atoms with van der Waals surface area (Å²) in [5.74, 6) is -1.30. The van der Waals surface area contributed by atoms with Crippen LogP contribution in [0.2, 0.25) is 0 Å². The van der Waals surface area contributed by atoms with Gasteiger partial charge in [-0.2, -0.15) is 12.8 Å². The third kappa shape index (κ3) is 4.68. The Labute approximate surface area is 227 Å². The topological polar surface area (TPSA) is 100 Å².